The summed E-state index contributed by atoms with van der Waals surface area (Å²) in [6.45, 7) is 0. The molecule has 4 heteroatoms. The molecule has 2 aliphatic rings. The standard InChI is InChI=1S/C12H17F2NO/c13-12(14)7-9(8-12)6-11(16)15-10-4-2-1-3-5-10/h1-2,9-10H,3-8H2,(H,15,16). The number of alkyl halides is 2. The summed E-state index contributed by atoms with van der Waals surface area (Å²) in [5.74, 6) is -2.70. The molecule has 1 fully saturated rings. The lowest BCUT2D eigenvalue weighted by Crippen LogP contribution is -2.41. The molecule has 90 valence electrons. The highest BCUT2D eigenvalue weighted by Crippen LogP contribution is 2.43. The molecule has 16 heavy (non-hydrogen) atoms. The van der Waals surface area contributed by atoms with E-state index in [4.69, 9.17) is 0 Å². The van der Waals surface area contributed by atoms with E-state index < -0.39 is 5.92 Å². The Morgan fingerprint density at radius 2 is 2.12 bits per heavy atom. The molecule has 0 aliphatic heterocycles. The van der Waals surface area contributed by atoms with Crippen molar-refractivity contribution in [3.63, 3.8) is 0 Å². The van der Waals surface area contributed by atoms with Gasteiger partial charge < -0.3 is 5.32 Å². The van der Waals surface area contributed by atoms with Crippen LogP contribution in [-0.2, 0) is 4.79 Å². The molecule has 0 spiro atoms. The Hall–Kier alpha value is -0.930. The first-order valence-corrected chi connectivity index (χ1v) is 5.87. The fourth-order valence-electron chi connectivity index (χ4n) is 2.40. The molecule has 0 bridgehead atoms. The number of nitrogens with one attached hydrogen (secondary N) is 1. The zero-order valence-corrected chi connectivity index (χ0v) is 9.22. The van der Waals surface area contributed by atoms with E-state index >= 15 is 0 Å². The highest BCUT2D eigenvalue weighted by Gasteiger charge is 2.45. The van der Waals surface area contributed by atoms with Crippen LogP contribution in [0.15, 0.2) is 12.2 Å². The van der Waals surface area contributed by atoms with Crippen LogP contribution in [-0.4, -0.2) is 17.9 Å². The molecular formula is C12H17F2NO. The molecule has 0 aromatic heterocycles. The zero-order valence-electron chi connectivity index (χ0n) is 9.22. The first kappa shape index (κ1) is 11.6. The van der Waals surface area contributed by atoms with E-state index in [1.54, 1.807) is 0 Å². The van der Waals surface area contributed by atoms with E-state index in [1.807, 2.05) is 0 Å². The first-order chi connectivity index (χ1) is 7.55. The number of hydrogen-bond acceptors (Lipinski definition) is 1. The second kappa shape index (κ2) is 4.52. The second-order valence-electron chi connectivity index (χ2n) is 4.88. The molecular weight excluding hydrogens is 212 g/mol. The maximum atomic E-state index is 12.6. The molecule has 1 N–H and O–H groups in total. The van der Waals surface area contributed by atoms with Crippen molar-refractivity contribution in [2.45, 2.75) is 50.5 Å². The van der Waals surface area contributed by atoms with Crippen molar-refractivity contribution in [3.8, 4) is 0 Å². The number of amides is 1. The highest BCUT2D eigenvalue weighted by atomic mass is 19.3. The van der Waals surface area contributed by atoms with Crippen molar-refractivity contribution in [3.05, 3.63) is 12.2 Å². The molecule has 0 aromatic rings. The summed E-state index contributed by atoms with van der Waals surface area (Å²) in [4.78, 5) is 11.5. The Labute approximate surface area is 94.1 Å². The third kappa shape index (κ3) is 3.03. The summed E-state index contributed by atoms with van der Waals surface area (Å²) in [5.41, 5.74) is 0. The van der Waals surface area contributed by atoms with Crippen LogP contribution in [0.4, 0.5) is 8.78 Å². The predicted octanol–water partition coefficient (Wildman–Crippen LogP) is 2.65. The monoisotopic (exact) mass is 229 g/mol. The van der Waals surface area contributed by atoms with E-state index in [0.717, 1.165) is 19.3 Å². The van der Waals surface area contributed by atoms with Gasteiger partial charge in [0.1, 0.15) is 0 Å². The minimum Gasteiger partial charge on any atom is -0.353 e. The minimum atomic E-state index is -2.52. The van der Waals surface area contributed by atoms with Gasteiger partial charge in [0.15, 0.2) is 0 Å². The predicted molar refractivity (Wildman–Crippen MR) is 57.2 cm³/mol. The molecule has 0 heterocycles. The van der Waals surface area contributed by atoms with Crippen LogP contribution in [0.1, 0.15) is 38.5 Å². The van der Waals surface area contributed by atoms with Gasteiger partial charge in [-0.05, 0) is 25.2 Å². The smallest absolute Gasteiger partial charge is 0.248 e. The van der Waals surface area contributed by atoms with E-state index in [0.29, 0.717) is 0 Å². The van der Waals surface area contributed by atoms with Crippen molar-refractivity contribution in [1.82, 2.24) is 5.32 Å². The number of allylic oxidation sites excluding steroid dienone is 1. The van der Waals surface area contributed by atoms with Crippen molar-refractivity contribution >= 4 is 5.91 Å². The van der Waals surface area contributed by atoms with Crippen LogP contribution in [0.3, 0.4) is 0 Å². The fraction of sp³-hybridized carbons (Fsp3) is 0.750. The first-order valence-electron chi connectivity index (χ1n) is 5.87. The van der Waals surface area contributed by atoms with Crippen LogP contribution in [0, 0.1) is 5.92 Å². The number of halogens is 2. The normalized spacial score (nSPS) is 28.5. The van der Waals surface area contributed by atoms with Gasteiger partial charge in [0.05, 0.1) is 0 Å². The molecule has 1 amide bonds. The number of rotatable bonds is 3. The highest BCUT2D eigenvalue weighted by molar-refractivity contribution is 5.76. The Kier molecular flexibility index (Phi) is 3.26. The van der Waals surface area contributed by atoms with Crippen molar-refractivity contribution in [2.24, 2.45) is 5.92 Å². The van der Waals surface area contributed by atoms with E-state index in [2.05, 4.69) is 17.5 Å². The minimum absolute atomic E-state index is 0.0687. The maximum absolute atomic E-state index is 12.6. The Morgan fingerprint density at radius 1 is 1.38 bits per heavy atom. The largest absolute Gasteiger partial charge is 0.353 e. The summed E-state index contributed by atoms with van der Waals surface area (Å²) < 4.78 is 25.1. The van der Waals surface area contributed by atoms with E-state index in [-0.39, 0.29) is 37.1 Å². The summed E-state index contributed by atoms with van der Waals surface area (Å²) in [5, 5.41) is 2.91. The van der Waals surface area contributed by atoms with Crippen molar-refractivity contribution in [2.75, 3.05) is 0 Å². The number of carbonyl (C=O) groups excluding carboxylic acids is 1. The van der Waals surface area contributed by atoms with Crippen molar-refractivity contribution < 1.29 is 13.6 Å². The van der Waals surface area contributed by atoms with Gasteiger partial charge in [-0.3, -0.25) is 4.79 Å². The Morgan fingerprint density at radius 3 is 2.69 bits per heavy atom. The fourth-order valence-corrected chi connectivity index (χ4v) is 2.40. The second-order valence-corrected chi connectivity index (χ2v) is 4.88. The quantitative estimate of drug-likeness (QED) is 0.740. The molecule has 0 saturated heterocycles. The van der Waals surface area contributed by atoms with Gasteiger partial charge in [-0.25, -0.2) is 8.78 Å². The zero-order chi connectivity index (χ0) is 11.6. The third-order valence-electron chi connectivity index (χ3n) is 3.28. The lowest BCUT2D eigenvalue weighted by Gasteiger charge is -2.34. The molecule has 1 unspecified atom stereocenters. The Balaban J connectivity index is 1.67. The van der Waals surface area contributed by atoms with Crippen LogP contribution in [0.2, 0.25) is 0 Å². The molecule has 0 radical (unpaired) electrons. The van der Waals surface area contributed by atoms with E-state index in [1.165, 1.54) is 0 Å². The van der Waals surface area contributed by atoms with Gasteiger partial charge >= 0.3 is 0 Å². The molecule has 2 nitrogen and oxygen atoms in total. The van der Waals surface area contributed by atoms with Gasteiger partial charge in [-0.1, -0.05) is 12.2 Å². The lowest BCUT2D eigenvalue weighted by molar-refractivity contribution is -0.134. The summed E-state index contributed by atoms with van der Waals surface area (Å²) in [7, 11) is 0. The van der Waals surface area contributed by atoms with Gasteiger partial charge in [0.25, 0.3) is 0 Å². The van der Waals surface area contributed by atoms with E-state index in [9.17, 15) is 13.6 Å². The van der Waals surface area contributed by atoms with Crippen LogP contribution >= 0.6 is 0 Å². The van der Waals surface area contributed by atoms with Crippen LogP contribution in [0.5, 0.6) is 0 Å². The average molecular weight is 229 g/mol. The topological polar surface area (TPSA) is 29.1 Å². The summed E-state index contributed by atoms with van der Waals surface area (Å²) in [6, 6.07) is 0.207. The maximum Gasteiger partial charge on any atom is 0.248 e. The Bertz CT molecular complexity index is 293. The average Bonchev–Trinajstić information content (AvgIpc) is 2.16. The van der Waals surface area contributed by atoms with Crippen molar-refractivity contribution in [1.29, 1.82) is 0 Å². The van der Waals surface area contributed by atoms with Gasteiger partial charge in [-0.2, -0.15) is 0 Å². The van der Waals surface area contributed by atoms with Gasteiger partial charge in [-0.15, -0.1) is 0 Å². The lowest BCUT2D eigenvalue weighted by atomic mass is 9.79. The van der Waals surface area contributed by atoms with Crippen LogP contribution in [0.25, 0.3) is 0 Å². The number of carbonyl (C=O) groups is 1. The molecule has 2 rings (SSSR count). The number of hydrogen-bond donors (Lipinski definition) is 1. The molecule has 0 aromatic carbocycles. The van der Waals surface area contributed by atoms with Crippen LogP contribution < -0.4 is 5.32 Å². The molecule has 2 aliphatic carbocycles. The SMILES string of the molecule is O=C(CC1CC(F)(F)C1)NC1CC=CCC1. The third-order valence-corrected chi connectivity index (χ3v) is 3.28. The molecule has 1 saturated carbocycles. The molecule has 1 atom stereocenters. The summed E-state index contributed by atoms with van der Waals surface area (Å²) >= 11 is 0. The van der Waals surface area contributed by atoms with Gasteiger partial charge in [0, 0.05) is 25.3 Å². The summed E-state index contributed by atoms with van der Waals surface area (Å²) in [6.07, 6.45) is 7.01. The van der Waals surface area contributed by atoms with Gasteiger partial charge in [0.2, 0.25) is 11.8 Å².